The molecule has 6 heterocycles. The van der Waals surface area contributed by atoms with E-state index in [0.717, 1.165) is 87.8 Å². The first kappa shape index (κ1) is 37.5. The smallest absolute Gasteiger partial charge is 0.407 e. The topological polar surface area (TPSA) is 181 Å². The van der Waals surface area contributed by atoms with Crippen LogP contribution in [-0.2, 0) is 27.5 Å². The second kappa shape index (κ2) is 14.6. The van der Waals surface area contributed by atoms with E-state index >= 15 is 0 Å². The summed E-state index contributed by atoms with van der Waals surface area (Å²) in [6.07, 6.45) is 6.30. The molecule has 4 aromatic rings. The number of aromatic amines is 2. The third kappa shape index (κ3) is 6.47. The lowest BCUT2D eigenvalue weighted by molar-refractivity contribution is -0.137. The van der Waals surface area contributed by atoms with E-state index in [0.29, 0.717) is 19.0 Å². The van der Waals surface area contributed by atoms with Crippen LogP contribution in [0.3, 0.4) is 0 Å². The summed E-state index contributed by atoms with van der Waals surface area (Å²) in [5.41, 5.74) is 13.9. The molecule has 296 valence electrons. The van der Waals surface area contributed by atoms with Crippen LogP contribution in [0.1, 0.15) is 102 Å². The average Bonchev–Trinajstić information content (AvgIpc) is 4.01. The molecule has 56 heavy (non-hydrogen) atoms. The van der Waals surface area contributed by atoms with E-state index in [9.17, 15) is 14.4 Å². The van der Waals surface area contributed by atoms with E-state index in [2.05, 4.69) is 40.4 Å². The number of ether oxygens (including phenoxy) is 3. The van der Waals surface area contributed by atoms with E-state index in [1.54, 1.807) is 6.20 Å². The lowest BCUT2D eigenvalue weighted by Gasteiger charge is -2.33. The molecule has 2 fully saturated rings. The van der Waals surface area contributed by atoms with E-state index in [1.165, 1.54) is 7.11 Å². The molecule has 0 aliphatic carbocycles. The fourth-order valence-electron chi connectivity index (χ4n) is 8.86. The summed E-state index contributed by atoms with van der Waals surface area (Å²) in [7, 11) is 1.29. The summed E-state index contributed by atoms with van der Waals surface area (Å²) < 4.78 is 17.7. The highest BCUT2D eigenvalue weighted by atomic mass is 16.5. The number of rotatable bonds is 9. The fraction of sp³-hybridized carbons (Fsp3) is 0.500. The van der Waals surface area contributed by atoms with Gasteiger partial charge in [-0.15, -0.1) is 0 Å². The third-order valence-electron chi connectivity index (χ3n) is 12.1. The first-order valence-corrected chi connectivity index (χ1v) is 19.8. The highest BCUT2D eigenvalue weighted by Crippen LogP contribution is 2.51. The summed E-state index contributed by atoms with van der Waals surface area (Å²) in [6, 6.07) is 6.72. The first-order chi connectivity index (χ1) is 26.8. The number of likely N-dealkylation sites (tertiary alicyclic amines) is 2. The van der Waals surface area contributed by atoms with Crippen molar-refractivity contribution < 1.29 is 28.6 Å². The van der Waals surface area contributed by atoms with Gasteiger partial charge < -0.3 is 45.0 Å². The summed E-state index contributed by atoms with van der Waals surface area (Å²) in [5.74, 6) is 2.77. The van der Waals surface area contributed by atoms with Crippen LogP contribution >= 0.6 is 0 Å². The van der Waals surface area contributed by atoms with Crippen molar-refractivity contribution in [1.29, 1.82) is 0 Å². The molecule has 3 amide bonds. The minimum atomic E-state index is -0.718. The van der Waals surface area contributed by atoms with E-state index < -0.39 is 18.2 Å². The van der Waals surface area contributed by atoms with E-state index in [-0.39, 0.29) is 47.8 Å². The molecule has 4 aliphatic rings. The molecule has 2 aromatic carbocycles. The van der Waals surface area contributed by atoms with Gasteiger partial charge in [-0.1, -0.05) is 27.7 Å². The number of hydrogen-bond acceptors (Lipinski definition) is 9. The number of hydrogen-bond donors (Lipinski definition) is 4. The number of imidazole rings is 2. The molecular weight excluding hydrogens is 713 g/mol. The Hall–Kier alpha value is -5.37. The highest BCUT2D eigenvalue weighted by Gasteiger charge is 2.42. The van der Waals surface area contributed by atoms with Crippen LogP contribution in [0.5, 0.6) is 11.5 Å². The summed E-state index contributed by atoms with van der Waals surface area (Å²) >= 11 is 0. The quantitative estimate of drug-likeness (QED) is 0.150. The van der Waals surface area contributed by atoms with Gasteiger partial charge in [-0.3, -0.25) is 9.59 Å². The van der Waals surface area contributed by atoms with Gasteiger partial charge in [-0.05, 0) is 75.6 Å². The lowest BCUT2D eigenvalue weighted by atomic mass is 9.87. The number of nitrogens with zero attached hydrogens (tertiary/aromatic N) is 4. The molecule has 0 saturated carbocycles. The highest BCUT2D eigenvalue weighted by molar-refractivity contribution is 5.89. The zero-order chi connectivity index (χ0) is 39.6. The van der Waals surface area contributed by atoms with E-state index in [4.69, 9.17) is 29.9 Å². The molecule has 14 nitrogen and oxygen atoms in total. The number of amides is 3. The van der Waals surface area contributed by atoms with Crippen LogP contribution in [0.25, 0.3) is 33.6 Å². The molecule has 8 rings (SSSR count). The molecule has 0 radical (unpaired) electrons. The van der Waals surface area contributed by atoms with Gasteiger partial charge in [-0.2, -0.15) is 0 Å². The van der Waals surface area contributed by atoms with Crippen LogP contribution < -0.4 is 20.5 Å². The monoisotopic (exact) mass is 764 g/mol. The van der Waals surface area contributed by atoms with Crippen molar-refractivity contribution in [1.82, 2.24) is 35.1 Å². The van der Waals surface area contributed by atoms with Crippen molar-refractivity contribution in [2.45, 2.75) is 117 Å². The van der Waals surface area contributed by atoms with Gasteiger partial charge in [-0.25, -0.2) is 14.8 Å². The maximum Gasteiger partial charge on any atom is 0.407 e. The van der Waals surface area contributed by atoms with Gasteiger partial charge in [0.05, 0.1) is 49.0 Å². The van der Waals surface area contributed by atoms with Gasteiger partial charge in [0.25, 0.3) is 0 Å². The SMILES string of the molecule is COC(=O)N[C@H](C(=O)N1[C@@H](C)CC[C@H]1c1ncc(-c2cc3c4c(c2)OCc2cc(-c5cnc([C@@H]6CC[C@H](C)N6C(=O)[C@@H](N)C(C)C)[nH]5)cc(c2-4)OC3)[nH]1)C(C)C. The number of carbonyl (C=O) groups excluding carboxylic acids is 3. The van der Waals surface area contributed by atoms with Gasteiger partial charge in [0, 0.05) is 45.5 Å². The average molecular weight is 765 g/mol. The Labute approximate surface area is 326 Å². The summed E-state index contributed by atoms with van der Waals surface area (Å²) in [5, 5.41) is 2.73. The fourth-order valence-corrected chi connectivity index (χ4v) is 8.86. The van der Waals surface area contributed by atoms with Crippen molar-refractivity contribution >= 4 is 17.9 Å². The van der Waals surface area contributed by atoms with Crippen molar-refractivity contribution in [3.8, 4) is 45.1 Å². The van der Waals surface area contributed by atoms with Gasteiger partial charge >= 0.3 is 6.09 Å². The van der Waals surface area contributed by atoms with E-state index in [1.807, 2.05) is 56.7 Å². The Balaban J connectivity index is 1.04. The molecule has 2 saturated heterocycles. The molecule has 5 N–H and O–H groups in total. The maximum atomic E-state index is 13.9. The van der Waals surface area contributed by atoms with Gasteiger partial charge in [0.1, 0.15) is 42.4 Å². The Bertz CT molecular complexity index is 2120. The van der Waals surface area contributed by atoms with Crippen LogP contribution in [-0.4, -0.2) is 78.9 Å². The van der Waals surface area contributed by atoms with Crippen molar-refractivity contribution in [2.24, 2.45) is 17.6 Å². The standard InChI is InChI=1S/C42H52N8O6/c1-20(2)36(43)40(51)49-22(5)8-10-30(49)38-44-16-28(46-38)24-12-26-18-56-33-15-25(13-27-19-55-32(14-24)34(26)35(27)33)29-17-45-39(47-29)31-11-9-23(6)50(31)41(52)37(21(3)4)48-42(53)54-7/h12-17,20-23,30-31,36-37H,8-11,18-19,43H2,1-7H3,(H,44,46)(H,45,47)(H,48,53)/t22-,23-,30-,31-,36-,37-/m0/s1. The number of nitrogens with two attached hydrogens (primary N) is 1. The number of benzene rings is 2. The molecule has 6 atom stereocenters. The Morgan fingerprint density at radius 1 is 0.768 bits per heavy atom. The molecule has 2 aromatic heterocycles. The predicted octanol–water partition coefficient (Wildman–Crippen LogP) is 6.39. The summed E-state index contributed by atoms with van der Waals surface area (Å²) in [4.78, 5) is 59.7. The molecular formula is C42H52N8O6. The number of alkyl carbamates (subject to hydrolysis) is 1. The van der Waals surface area contributed by atoms with Crippen LogP contribution in [0, 0.1) is 11.8 Å². The number of aromatic nitrogens is 4. The zero-order valence-electron chi connectivity index (χ0n) is 33.1. The second-order valence-corrected chi connectivity index (χ2v) is 16.5. The van der Waals surface area contributed by atoms with Gasteiger partial charge in [0.2, 0.25) is 11.8 Å². The Morgan fingerprint density at radius 3 is 1.70 bits per heavy atom. The molecule has 0 spiro atoms. The van der Waals surface area contributed by atoms with Crippen LogP contribution in [0.2, 0.25) is 0 Å². The number of methoxy groups -OCH3 is 1. The maximum absolute atomic E-state index is 13.9. The summed E-state index contributed by atoms with van der Waals surface area (Å²) in [6.45, 7) is 12.6. The minimum Gasteiger partial charge on any atom is -0.488 e. The Kier molecular flexibility index (Phi) is 9.80. The van der Waals surface area contributed by atoms with Crippen LogP contribution in [0.4, 0.5) is 4.79 Å². The number of H-pyrrole nitrogens is 2. The predicted molar refractivity (Wildman–Crippen MR) is 209 cm³/mol. The first-order valence-electron chi connectivity index (χ1n) is 19.8. The molecule has 14 heteroatoms. The Morgan fingerprint density at radius 2 is 1.25 bits per heavy atom. The molecule has 0 unspecified atom stereocenters. The largest absolute Gasteiger partial charge is 0.488 e. The molecule has 0 bridgehead atoms. The number of carbonyl (C=O) groups is 3. The zero-order valence-corrected chi connectivity index (χ0v) is 33.1. The lowest BCUT2D eigenvalue weighted by Crippen LogP contribution is -2.52. The second-order valence-electron chi connectivity index (χ2n) is 16.5. The van der Waals surface area contributed by atoms with Crippen molar-refractivity contribution in [2.75, 3.05) is 7.11 Å². The molecule has 4 aliphatic heterocycles. The van der Waals surface area contributed by atoms with Crippen LogP contribution in [0.15, 0.2) is 36.7 Å². The van der Waals surface area contributed by atoms with Gasteiger partial charge in [0.15, 0.2) is 0 Å². The third-order valence-corrected chi connectivity index (χ3v) is 12.1. The minimum absolute atomic E-state index is 0.0169. The number of nitrogens with one attached hydrogen (secondary N) is 3. The van der Waals surface area contributed by atoms with Crippen molar-refractivity contribution in [3.63, 3.8) is 0 Å². The normalized spacial score (nSPS) is 22.1. The van der Waals surface area contributed by atoms with Crippen molar-refractivity contribution in [3.05, 3.63) is 59.4 Å².